The highest BCUT2D eigenvalue weighted by Gasteiger charge is 2.32. The standard InChI is InChI=1S/C18H16FN3O3S/c1-25-14-4-2-3-13(9-14)21-18-22-17(24)15(26-18)10-16(23)20-12-7-5-11(19)6-8-12/h2-9,15H,10H2,1H3,(H,20,23)(H,21,22,24)/t15-/m1/s1. The van der Waals surface area contributed by atoms with Crippen molar-refractivity contribution < 1.29 is 18.7 Å². The summed E-state index contributed by atoms with van der Waals surface area (Å²) >= 11 is 1.20. The van der Waals surface area contributed by atoms with Crippen LogP contribution in [0.2, 0.25) is 0 Å². The molecule has 0 radical (unpaired) electrons. The number of carbonyl (C=O) groups excluding carboxylic acids is 2. The van der Waals surface area contributed by atoms with Crippen LogP contribution in [-0.4, -0.2) is 29.3 Å². The fourth-order valence-corrected chi connectivity index (χ4v) is 3.29. The molecule has 1 fully saturated rings. The topological polar surface area (TPSA) is 79.8 Å². The summed E-state index contributed by atoms with van der Waals surface area (Å²) < 4.78 is 18.0. The van der Waals surface area contributed by atoms with E-state index in [0.29, 0.717) is 22.3 Å². The fraction of sp³-hybridized carbons (Fsp3) is 0.167. The lowest BCUT2D eigenvalue weighted by molar-refractivity contribution is -0.122. The summed E-state index contributed by atoms with van der Waals surface area (Å²) in [5.41, 5.74) is 1.12. The Hall–Kier alpha value is -2.87. The number of amides is 2. The second-order valence-electron chi connectivity index (χ2n) is 5.47. The molecule has 2 amide bonds. The molecule has 0 saturated carbocycles. The van der Waals surface area contributed by atoms with Gasteiger partial charge >= 0.3 is 0 Å². The van der Waals surface area contributed by atoms with E-state index in [0.717, 1.165) is 0 Å². The van der Waals surface area contributed by atoms with Crippen LogP contribution in [0, 0.1) is 5.82 Å². The van der Waals surface area contributed by atoms with Gasteiger partial charge in [-0.2, -0.15) is 0 Å². The Morgan fingerprint density at radius 2 is 2.08 bits per heavy atom. The third-order valence-corrected chi connectivity index (χ3v) is 4.64. The molecule has 1 heterocycles. The van der Waals surface area contributed by atoms with Gasteiger partial charge in [-0.25, -0.2) is 9.38 Å². The third-order valence-electron chi connectivity index (χ3n) is 3.56. The molecule has 2 N–H and O–H groups in total. The minimum Gasteiger partial charge on any atom is -0.497 e. The lowest BCUT2D eigenvalue weighted by Gasteiger charge is -2.07. The van der Waals surface area contributed by atoms with Crippen LogP contribution >= 0.6 is 11.8 Å². The van der Waals surface area contributed by atoms with E-state index < -0.39 is 5.25 Å². The zero-order valence-electron chi connectivity index (χ0n) is 13.9. The Morgan fingerprint density at radius 3 is 2.81 bits per heavy atom. The predicted octanol–water partition coefficient (Wildman–Crippen LogP) is 3.08. The van der Waals surface area contributed by atoms with Crippen LogP contribution in [0.25, 0.3) is 0 Å². The van der Waals surface area contributed by atoms with Gasteiger partial charge in [0.25, 0.3) is 0 Å². The van der Waals surface area contributed by atoms with Crippen LogP contribution in [0.15, 0.2) is 53.5 Å². The number of amidine groups is 1. The van der Waals surface area contributed by atoms with Crippen molar-refractivity contribution in [2.24, 2.45) is 4.99 Å². The maximum atomic E-state index is 12.9. The molecule has 1 aliphatic heterocycles. The summed E-state index contributed by atoms with van der Waals surface area (Å²) in [7, 11) is 1.56. The highest BCUT2D eigenvalue weighted by molar-refractivity contribution is 8.15. The van der Waals surface area contributed by atoms with Gasteiger partial charge in [-0.1, -0.05) is 17.8 Å². The Labute approximate surface area is 153 Å². The number of hydrogen-bond acceptors (Lipinski definition) is 5. The fourth-order valence-electron chi connectivity index (χ4n) is 2.30. The van der Waals surface area contributed by atoms with E-state index in [9.17, 15) is 14.0 Å². The largest absolute Gasteiger partial charge is 0.497 e. The average molecular weight is 373 g/mol. The molecule has 0 aliphatic carbocycles. The average Bonchev–Trinajstić information content (AvgIpc) is 2.96. The van der Waals surface area contributed by atoms with Crippen molar-refractivity contribution in [1.82, 2.24) is 5.32 Å². The molecule has 1 atom stereocenters. The molecule has 0 spiro atoms. The van der Waals surface area contributed by atoms with Crippen molar-refractivity contribution in [2.75, 3.05) is 12.4 Å². The summed E-state index contributed by atoms with van der Waals surface area (Å²) in [5.74, 6) is -0.318. The number of nitrogens with zero attached hydrogens (tertiary/aromatic N) is 1. The van der Waals surface area contributed by atoms with E-state index in [1.165, 1.54) is 36.0 Å². The molecule has 0 unspecified atom stereocenters. The molecular weight excluding hydrogens is 357 g/mol. The van der Waals surface area contributed by atoms with Gasteiger partial charge in [0.05, 0.1) is 12.8 Å². The van der Waals surface area contributed by atoms with E-state index >= 15 is 0 Å². The quantitative estimate of drug-likeness (QED) is 0.844. The molecule has 134 valence electrons. The van der Waals surface area contributed by atoms with Gasteiger partial charge in [0.1, 0.15) is 16.8 Å². The number of anilines is 1. The van der Waals surface area contributed by atoms with Gasteiger partial charge in [0.15, 0.2) is 5.17 Å². The summed E-state index contributed by atoms with van der Waals surface area (Å²) in [4.78, 5) is 28.5. The van der Waals surface area contributed by atoms with E-state index in [1.54, 1.807) is 31.4 Å². The monoisotopic (exact) mass is 373 g/mol. The lowest BCUT2D eigenvalue weighted by Crippen LogP contribution is -2.28. The molecule has 8 heteroatoms. The van der Waals surface area contributed by atoms with E-state index in [1.807, 2.05) is 0 Å². The summed E-state index contributed by atoms with van der Waals surface area (Å²) in [5, 5.41) is 5.17. The van der Waals surface area contributed by atoms with Crippen LogP contribution in [0.1, 0.15) is 6.42 Å². The van der Waals surface area contributed by atoms with Gasteiger partial charge in [-0.05, 0) is 36.4 Å². The molecule has 1 saturated heterocycles. The third kappa shape index (κ3) is 4.60. The second-order valence-corrected chi connectivity index (χ2v) is 6.66. The number of rotatable bonds is 5. The Morgan fingerprint density at radius 1 is 1.31 bits per heavy atom. The SMILES string of the molecule is COc1cccc(N=C2NC(=O)[C@@H](CC(=O)Nc3ccc(F)cc3)S2)c1. The number of benzene rings is 2. The minimum absolute atomic E-state index is 0.00892. The zero-order valence-corrected chi connectivity index (χ0v) is 14.7. The first-order chi connectivity index (χ1) is 12.5. The van der Waals surface area contributed by atoms with E-state index in [-0.39, 0.29) is 24.1 Å². The van der Waals surface area contributed by atoms with Crippen LogP contribution in [0.4, 0.5) is 15.8 Å². The maximum absolute atomic E-state index is 12.9. The van der Waals surface area contributed by atoms with Crippen molar-refractivity contribution in [3.05, 3.63) is 54.3 Å². The number of halogens is 1. The van der Waals surface area contributed by atoms with Crippen LogP contribution in [0.5, 0.6) is 5.75 Å². The Balaban J connectivity index is 1.61. The molecule has 3 rings (SSSR count). The van der Waals surface area contributed by atoms with Gasteiger partial charge < -0.3 is 15.4 Å². The molecule has 1 aliphatic rings. The Bertz CT molecular complexity index is 855. The molecule has 0 aromatic heterocycles. The van der Waals surface area contributed by atoms with Crippen LogP contribution < -0.4 is 15.4 Å². The van der Waals surface area contributed by atoms with Gasteiger partial charge in [0.2, 0.25) is 11.8 Å². The first kappa shape index (κ1) is 17.9. The lowest BCUT2D eigenvalue weighted by atomic mass is 10.2. The zero-order chi connectivity index (χ0) is 18.5. The molecule has 2 aromatic carbocycles. The first-order valence-electron chi connectivity index (χ1n) is 7.79. The normalized spacial score (nSPS) is 17.8. The van der Waals surface area contributed by atoms with Crippen molar-refractivity contribution in [1.29, 1.82) is 0 Å². The smallest absolute Gasteiger partial charge is 0.240 e. The van der Waals surface area contributed by atoms with Crippen LogP contribution in [-0.2, 0) is 9.59 Å². The number of thioether (sulfide) groups is 1. The number of aliphatic imine (C=N–C) groups is 1. The number of ether oxygens (including phenoxy) is 1. The molecule has 26 heavy (non-hydrogen) atoms. The highest BCUT2D eigenvalue weighted by atomic mass is 32.2. The highest BCUT2D eigenvalue weighted by Crippen LogP contribution is 2.27. The van der Waals surface area contributed by atoms with E-state index in [4.69, 9.17) is 4.74 Å². The number of nitrogens with one attached hydrogen (secondary N) is 2. The first-order valence-corrected chi connectivity index (χ1v) is 8.67. The summed E-state index contributed by atoms with van der Waals surface area (Å²) in [6.45, 7) is 0. The van der Waals surface area contributed by atoms with Crippen molar-refractivity contribution >= 4 is 40.1 Å². The molecular formula is C18H16FN3O3S. The van der Waals surface area contributed by atoms with Gasteiger partial charge in [-0.3, -0.25) is 9.59 Å². The number of methoxy groups -OCH3 is 1. The molecule has 2 aromatic rings. The second kappa shape index (κ2) is 8.01. The van der Waals surface area contributed by atoms with Crippen LogP contribution in [0.3, 0.4) is 0 Å². The number of hydrogen-bond donors (Lipinski definition) is 2. The molecule has 0 bridgehead atoms. The summed E-state index contributed by atoms with van der Waals surface area (Å²) in [6, 6.07) is 12.6. The maximum Gasteiger partial charge on any atom is 0.240 e. The van der Waals surface area contributed by atoms with Gasteiger partial charge in [0, 0.05) is 18.2 Å². The van der Waals surface area contributed by atoms with Crippen molar-refractivity contribution in [3.8, 4) is 5.75 Å². The number of carbonyl (C=O) groups is 2. The van der Waals surface area contributed by atoms with Crippen molar-refractivity contribution in [3.63, 3.8) is 0 Å². The molecule has 6 nitrogen and oxygen atoms in total. The van der Waals surface area contributed by atoms with E-state index in [2.05, 4.69) is 15.6 Å². The summed E-state index contributed by atoms with van der Waals surface area (Å²) in [6.07, 6.45) is -0.00892. The van der Waals surface area contributed by atoms with Gasteiger partial charge in [-0.15, -0.1) is 0 Å². The predicted molar refractivity (Wildman–Crippen MR) is 99.3 cm³/mol. The minimum atomic E-state index is -0.570. The van der Waals surface area contributed by atoms with Crippen molar-refractivity contribution in [2.45, 2.75) is 11.7 Å². The Kier molecular flexibility index (Phi) is 5.52.